The van der Waals surface area contributed by atoms with Crippen molar-refractivity contribution in [3.8, 4) is 23.0 Å². The number of hydrogen-bond acceptors (Lipinski definition) is 9. The minimum absolute atomic E-state index is 0.0755. The van der Waals surface area contributed by atoms with Crippen LogP contribution in [0.5, 0.6) is 23.0 Å². The topological polar surface area (TPSA) is 150 Å². The first-order valence-electron chi connectivity index (χ1n) is 11.3. The van der Waals surface area contributed by atoms with Crippen molar-refractivity contribution >= 4 is 43.0 Å². The van der Waals surface area contributed by atoms with E-state index in [1.54, 1.807) is 12.1 Å². The van der Waals surface area contributed by atoms with Crippen molar-refractivity contribution in [1.82, 2.24) is 0 Å². The lowest BCUT2D eigenvalue weighted by molar-refractivity contribution is -0.114. The summed E-state index contributed by atoms with van der Waals surface area (Å²) in [6.07, 6.45) is 0.973. The number of rotatable bonds is 12. The smallest absolute Gasteiger partial charge is 0.262 e. The third-order valence-electron chi connectivity index (χ3n) is 5.44. The maximum absolute atomic E-state index is 12.9. The SMILES string of the molecule is COc1ccc(OC)c(NS(=O)(=O)c2ccc(NC(=O)CN(c3ccc(OC)c(OC)c3)S(C)(=O)=O)cc2)c1. The first-order chi connectivity index (χ1) is 18.4. The number of sulfonamides is 2. The lowest BCUT2D eigenvalue weighted by atomic mass is 10.2. The van der Waals surface area contributed by atoms with Gasteiger partial charge in [-0.15, -0.1) is 0 Å². The van der Waals surface area contributed by atoms with Crippen LogP contribution in [0.4, 0.5) is 17.1 Å². The molecule has 2 N–H and O–H groups in total. The number of anilines is 3. The molecule has 0 aliphatic rings. The van der Waals surface area contributed by atoms with Crippen LogP contribution in [0, 0.1) is 0 Å². The highest BCUT2D eigenvalue weighted by Gasteiger charge is 2.23. The van der Waals surface area contributed by atoms with Crippen molar-refractivity contribution < 1.29 is 40.6 Å². The van der Waals surface area contributed by atoms with E-state index in [0.717, 1.165) is 10.6 Å². The van der Waals surface area contributed by atoms with Crippen LogP contribution < -0.4 is 33.3 Å². The molecule has 3 aromatic rings. The van der Waals surface area contributed by atoms with Crippen LogP contribution >= 0.6 is 0 Å². The van der Waals surface area contributed by atoms with Crippen molar-refractivity contribution in [3.05, 3.63) is 60.7 Å². The first-order valence-corrected chi connectivity index (χ1v) is 14.6. The van der Waals surface area contributed by atoms with E-state index in [4.69, 9.17) is 18.9 Å². The molecule has 0 saturated heterocycles. The van der Waals surface area contributed by atoms with Gasteiger partial charge in [-0.05, 0) is 48.5 Å². The minimum atomic E-state index is -4.01. The summed E-state index contributed by atoms with van der Waals surface area (Å²) in [5.41, 5.74) is 0.648. The van der Waals surface area contributed by atoms with E-state index in [2.05, 4.69) is 10.0 Å². The van der Waals surface area contributed by atoms with Crippen LogP contribution in [0.1, 0.15) is 0 Å². The molecule has 0 aliphatic heterocycles. The Hall–Kier alpha value is -4.17. The summed E-state index contributed by atoms with van der Waals surface area (Å²) >= 11 is 0. The second kappa shape index (κ2) is 12.1. The zero-order valence-electron chi connectivity index (χ0n) is 21.9. The van der Waals surface area contributed by atoms with Gasteiger partial charge in [-0.1, -0.05) is 0 Å². The van der Waals surface area contributed by atoms with Crippen LogP contribution in [0.15, 0.2) is 65.6 Å². The fourth-order valence-electron chi connectivity index (χ4n) is 3.53. The standard InChI is InChI=1S/C25H29N3O9S2/c1-34-19-9-13-22(35-2)21(15-19)27-39(32,33)20-10-6-17(7-11-20)26-25(29)16-28(38(5,30)31)18-8-12-23(36-3)24(14-18)37-4/h6-15,27H,16H2,1-5H3,(H,26,29). The quantitative estimate of drug-likeness (QED) is 0.330. The van der Waals surface area contributed by atoms with Crippen LogP contribution in [0.25, 0.3) is 0 Å². The number of nitrogens with zero attached hydrogens (tertiary/aromatic N) is 1. The Bertz CT molecular complexity index is 1540. The molecule has 0 saturated carbocycles. The highest BCUT2D eigenvalue weighted by molar-refractivity contribution is 7.92. The molecule has 0 aliphatic carbocycles. The third-order valence-corrected chi connectivity index (χ3v) is 7.96. The Kier molecular flexibility index (Phi) is 9.14. The second-order valence-electron chi connectivity index (χ2n) is 8.05. The molecule has 14 heteroatoms. The number of nitrogens with one attached hydrogen (secondary N) is 2. The van der Waals surface area contributed by atoms with Crippen molar-refractivity contribution in [1.29, 1.82) is 0 Å². The van der Waals surface area contributed by atoms with Gasteiger partial charge in [0.1, 0.15) is 18.0 Å². The summed E-state index contributed by atoms with van der Waals surface area (Å²) in [7, 11) is -2.14. The van der Waals surface area contributed by atoms with Gasteiger partial charge in [-0.2, -0.15) is 0 Å². The Morgan fingerprint density at radius 1 is 0.769 bits per heavy atom. The van der Waals surface area contributed by atoms with E-state index in [1.807, 2.05) is 0 Å². The molecule has 3 rings (SSSR count). The molecule has 0 radical (unpaired) electrons. The summed E-state index contributed by atoms with van der Waals surface area (Å²) in [6.45, 7) is -0.536. The highest BCUT2D eigenvalue weighted by atomic mass is 32.2. The molecule has 1 amide bonds. The van der Waals surface area contributed by atoms with Crippen LogP contribution in [0.2, 0.25) is 0 Å². The highest BCUT2D eigenvalue weighted by Crippen LogP contribution is 2.33. The van der Waals surface area contributed by atoms with Crippen molar-refractivity contribution in [3.63, 3.8) is 0 Å². The minimum Gasteiger partial charge on any atom is -0.497 e. The number of ether oxygens (including phenoxy) is 4. The van der Waals surface area contributed by atoms with Crippen molar-refractivity contribution in [2.24, 2.45) is 0 Å². The molecule has 0 spiro atoms. The van der Waals surface area contributed by atoms with Gasteiger partial charge in [-0.25, -0.2) is 16.8 Å². The molecule has 3 aromatic carbocycles. The fraction of sp³-hybridized carbons (Fsp3) is 0.240. The van der Waals surface area contributed by atoms with Crippen LogP contribution in [-0.4, -0.2) is 64.0 Å². The maximum Gasteiger partial charge on any atom is 0.262 e. The van der Waals surface area contributed by atoms with E-state index in [0.29, 0.717) is 23.0 Å². The number of carbonyl (C=O) groups excluding carboxylic acids is 1. The molecule has 210 valence electrons. The Morgan fingerprint density at radius 3 is 1.95 bits per heavy atom. The van der Waals surface area contributed by atoms with Crippen molar-refractivity contribution in [2.45, 2.75) is 4.90 Å². The predicted molar refractivity (Wildman–Crippen MR) is 147 cm³/mol. The number of methoxy groups -OCH3 is 4. The molecule has 0 aromatic heterocycles. The summed E-state index contributed by atoms with van der Waals surface area (Å²) in [4.78, 5) is 12.7. The zero-order valence-corrected chi connectivity index (χ0v) is 23.6. The summed E-state index contributed by atoms with van der Waals surface area (Å²) in [5.74, 6) is 0.774. The molecule has 0 heterocycles. The van der Waals surface area contributed by atoms with Gasteiger partial charge >= 0.3 is 0 Å². The summed E-state index contributed by atoms with van der Waals surface area (Å²) in [6, 6.07) is 14.5. The predicted octanol–water partition coefficient (Wildman–Crippen LogP) is 2.93. The average molecular weight is 580 g/mol. The molecule has 0 unspecified atom stereocenters. The van der Waals surface area contributed by atoms with Gasteiger partial charge in [0.2, 0.25) is 15.9 Å². The summed E-state index contributed by atoms with van der Waals surface area (Å²) < 4.78 is 74.9. The second-order valence-corrected chi connectivity index (χ2v) is 11.6. The molecule has 39 heavy (non-hydrogen) atoms. The fourth-order valence-corrected chi connectivity index (χ4v) is 5.44. The van der Waals surface area contributed by atoms with Crippen molar-refractivity contribution in [2.75, 3.05) is 55.6 Å². The van der Waals surface area contributed by atoms with Crippen LogP contribution in [-0.2, 0) is 24.8 Å². The van der Waals surface area contributed by atoms with Gasteiger partial charge in [0.25, 0.3) is 10.0 Å². The largest absolute Gasteiger partial charge is 0.497 e. The number of carbonyl (C=O) groups is 1. The van der Waals surface area contributed by atoms with Gasteiger partial charge in [0, 0.05) is 17.8 Å². The first kappa shape index (κ1) is 29.4. The molecule has 0 atom stereocenters. The molecular weight excluding hydrogens is 550 g/mol. The van der Waals surface area contributed by atoms with E-state index in [1.165, 1.54) is 77.0 Å². The Morgan fingerprint density at radius 2 is 1.38 bits per heavy atom. The van der Waals surface area contributed by atoms with Gasteiger partial charge < -0.3 is 24.3 Å². The van der Waals surface area contributed by atoms with Gasteiger partial charge in [0.05, 0.1) is 51.0 Å². The third kappa shape index (κ3) is 7.23. The molecular formula is C25H29N3O9S2. The van der Waals surface area contributed by atoms with E-state index < -0.39 is 32.5 Å². The Balaban J connectivity index is 1.76. The molecule has 0 bridgehead atoms. The lowest BCUT2D eigenvalue weighted by Gasteiger charge is -2.23. The van der Waals surface area contributed by atoms with Crippen LogP contribution in [0.3, 0.4) is 0 Å². The van der Waals surface area contributed by atoms with E-state index >= 15 is 0 Å². The van der Waals surface area contributed by atoms with E-state index in [-0.39, 0.29) is 22.0 Å². The normalized spacial score (nSPS) is 11.3. The Labute approximate surface area is 227 Å². The number of amides is 1. The maximum atomic E-state index is 12.9. The molecule has 12 nitrogen and oxygen atoms in total. The van der Waals surface area contributed by atoms with E-state index in [9.17, 15) is 21.6 Å². The van der Waals surface area contributed by atoms with Gasteiger partial charge in [-0.3, -0.25) is 13.8 Å². The number of benzene rings is 3. The lowest BCUT2D eigenvalue weighted by Crippen LogP contribution is -2.37. The van der Waals surface area contributed by atoms with Gasteiger partial charge in [0.15, 0.2) is 11.5 Å². The number of hydrogen-bond donors (Lipinski definition) is 2. The summed E-state index contributed by atoms with van der Waals surface area (Å²) in [5, 5.41) is 2.57. The molecule has 0 fully saturated rings. The average Bonchev–Trinajstić information content (AvgIpc) is 2.90. The monoisotopic (exact) mass is 579 g/mol. The zero-order chi connectivity index (χ0) is 28.8.